The van der Waals surface area contributed by atoms with Crippen molar-refractivity contribution < 1.29 is 23.4 Å². The van der Waals surface area contributed by atoms with Gasteiger partial charge in [0.1, 0.15) is 5.75 Å². The second-order valence-corrected chi connectivity index (χ2v) is 5.58. The molecule has 0 saturated heterocycles. The second kappa shape index (κ2) is 7.93. The van der Waals surface area contributed by atoms with Gasteiger partial charge in [-0.3, -0.25) is 4.79 Å². The monoisotopic (exact) mass is 301 g/mol. The number of amides is 1. The number of nitrogens with one attached hydrogen (secondary N) is 1. The van der Waals surface area contributed by atoms with E-state index in [2.05, 4.69) is 10.1 Å². The second-order valence-electron chi connectivity index (χ2n) is 5.58. The fourth-order valence-corrected chi connectivity index (χ4v) is 1.74. The molecule has 1 amide bonds. The van der Waals surface area contributed by atoms with E-state index in [0.717, 1.165) is 12.8 Å². The fraction of sp³-hybridized carbons (Fsp3) is 0.533. The molecule has 1 rings (SSSR count). The molecule has 0 spiro atoms. The molecule has 0 radical (unpaired) electrons. The van der Waals surface area contributed by atoms with E-state index in [0.29, 0.717) is 12.1 Å². The lowest BCUT2D eigenvalue weighted by Gasteiger charge is -2.21. The van der Waals surface area contributed by atoms with Crippen molar-refractivity contribution in [3.63, 3.8) is 0 Å². The van der Waals surface area contributed by atoms with Crippen LogP contribution in [0.2, 0.25) is 0 Å². The van der Waals surface area contributed by atoms with Crippen molar-refractivity contribution in [2.75, 3.05) is 13.2 Å². The third-order valence-corrected chi connectivity index (χ3v) is 3.09. The number of carbonyl (C=O) groups is 1. The first-order valence-corrected chi connectivity index (χ1v) is 6.78. The smallest absolute Gasteiger partial charge is 0.387 e. The Labute approximate surface area is 123 Å². The van der Waals surface area contributed by atoms with Crippen LogP contribution in [0.5, 0.6) is 5.75 Å². The van der Waals surface area contributed by atoms with E-state index in [4.69, 9.17) is 5.11 Å². The number of hydrogen-bond acceptors (Lipinski definition) is 3. The number of benzene rings is 1. The zero-order valence-electron chi connectivity index (χ0n) is 12.2. The van der Waals surface area contributed by atoms with Gasteiger partial charge in [-0.25, -0.2) is 0 Å². The predicted molar refractivity (Wildman–Crippen MR) is 75.5 cm³/mol. The van der Waals surface area contributed by atoms with E-state index in [1.165, 1.54) is 24.3 Å². The highest BCUT2D eigenvalue weighted by molar-refractivity contribution is 5.94. The summed E-state index contributed by atoms with van der Waals surface area (Å²) in [5, 5.41) is 11.9. The summed E-state index contributed by atoms with van der Waals surface area (Å²) in [4.78, 5) is 11.8. The van der Waals surface area contributed by atoms with E-state index in [9.17, 15) is 13.6 Å². The lowest BCUT2D eigenvalue weighted by Crippen LogP contribution is -2.26. The van der Waals surface area contributed by atoms with Crippen LogP contribution in [0.3, 0.4) is 0 Å². The number of hydrogen-bond donors (Lipinski definition) is 2. The summed E-state index contributed by atoms with van der Waals surface area (Å²) >= 11 is 0. The van der Waals surface area contributed by atoms with Gasteiger partial charge in [0.15, 0.2) is 0 Å². The van der Waals surface area contributed by atoms with E-state index in [-0.39, 0.29) is 23.7 Å². The van der Waals surface area contributed by atoms with Crippen molar-refractivity contribution in [1.82, 2.24) is 5.32 Å². The Kier molecular flexibility index (Phi) is 6.55. The molecule has 0 aliphatic rings. The zero-order valence-corrected chi connectivity index (χ0v) is 12.2. The summed E-state index contributed by atoms with van der Waals surface area (Å²) in [6, 6.07) is 5.53. The first-order valence-electron chi connectivity index (χ1n) is 6.78. The Morgan fingerprint density at radius 1 is 1.33 bits per heavy atom. The molecule has 0 bridgehead atoms. The van der Waals surface area contributed by atoms with Gasteiger partial charge < -0.3 is 15.2 Å². The topological polar surface area (TPSA) is 58.6 Å². The molecule has 0 aromatic heterocycles. The third-order valence-electron chi connectivity index (χ3n) is 3.09. The summed E-state index contributed by atoms with van der Waals surface area (Å²) in [6.07, 6.45) is 1.55. The van der Waals surface area contributed by atoms with Crippen molar-refractivity contribution >= 4 is 5.91 Å². The molecule has 4 nitrogen and oxygen atoms in total. The van der Waals surface area contributed by atoms with E-state index < -0.39 is 6.61 Å². The molecule has 1 aromatic rings. The average molecular weight is 301 g/mol. The molecule has 0 aliphatic carbocycles. The van der Waals surface area contributed by atoms with Gasteiger partial charge in [-0.05, 0) is 42.5 Å². The number of halogens is 2. The minimum Gasteiger partial charge on any atom is -0.435 e. The minimum atomic E-state index is -2.88. The quantitative estimate of drug-likeness (QED) is 0.726. The van der Waals surface area contributed by atoms with Gasteiger partial charge in [0, 0.05) is 18.7 Å². The van der Waals surface area contributed by atoms with Crippen LogP contribution in [-0.2, 0) is 0 Å². The Bertz CT molecular complexity index is 447. The van der Waals surface area contributed by atoms with E-state index in [1.54, 1.807) is 0 Å². The Balaban J connectivity index is 2.38. The molecule has 0 saturated carbocycles. The van der Waals surface area contributed by atoms with Crippen LogP contribution < -0.4 is 10.1 Å². The van der Waals surface area contributed by atoms with Gasteiger partial charge >= 0.3 is 6.61 Å². The summed E-state index contributed by atoms with van der Waals surface area (Å²) in [5.74, 6) is -0.244. The van der Waals surface area contributed by atoms with Crippen molar-refractivity contribution in [1.29, 1.82) is 0 Å². The standard InChI is InChI=1S/C15H21F2NO3/c1-15(2,10-19)8-3-9-18-13(20)11-4-6-12(7-5-11)21-14(16)17/h4-7,14,19H,3,8-10H2,1-2H3,(H,18,20). The van der Waals surface area contributed by atoms with Crippen LogP contribution in [-0.4, -0.2) is 30.8 Å². The fourth-order valence-electron chi connectivity index (χ4n) is 1.74. The molecule has 0 fully saturated rings. The number of aliphatic hydroxyl groups excluding tert-OH is 1. The summed E-state index contributed by atoms with van der Waals surface area (Å²) in [6.45, 7) is 1.64. The van der Waals surface area contributed by atoms with Gasteiger partial charge in [0.05, 0.1) is 0 Å². The van der Waals surface area contributed by atoms with Crippen molar-refractivity contribution in [2.45, 2.75) is 33.3 Å². The molecule has 0 aliphatic heterocycles. The molecule has 118 valence electrons. The average Bonchev–Trinajstić information content (AvgIpc) is 2.43. The molecule has 0 heterocycles. The zero-order chi connectivity index (χ0) is 15.9. The molecule has 2 N–H and O–H groups in total. The number of ether oxygens (including phenoxy) is 1. The number of aliphatic hydroxyl groups is 1. The molecule has 0 unspecified atom stereocenters. The first kappa shape index (κ1) is 17.4. The lowest BCUT2D eigenvalue weighted by atomic mass is 9.89. The Hall–Kier alpha value is -1.69. The normalized spacial score (nSPS) is 11.5. The molecular weight excluding hydrogens is 280 g/mol. The van der Waals surface area contributed by atoms with Gasteiger partial charge in [-0.2, -0.15) is 8.78 Å². The highest BCUT2D eigenvalue weighted by Gasteiger charge is 2.15. The maximum absolute atomic E-state index is 12.0. The van der Waals surface area contributed by atoms with Gasteiger partial charge in [0.2, 0.25) is 0 Å². The Morgan fingerprint density at radius 3 is 2.48 bits per heavy atom. The van der Waals surface area contributed by atoms with Crippen LogP contribution in [0.25, 0.3) is 0 Å². The SMILES string of the molecule is CC(C)(CO)CCCNC(=O)c1ccc(OC(F)F)cc1. The molecule has 21 heavy (non-hydrogen) atoms. The van der Waals surface area contributed by atoms with Gasteiger partial charge in [-0.15, -0.1) is 0 Å². The predicted octanol–water partition coefficient (Wildman–Crippen LogP) is 2.82. The molecule has 6 heteroatoms. The highest BCUT2D eigenvalue weighted by Crippen LogP contribution is 2.20. The van der Waals surface area contributed by atoms with Crippen LogP contribution >= 0.6 is 0 Å². The third kappa shape index (κ3) is 6.53. The number of carbonyl (C=O) groups excluding carboxylic acids is 1. The largest absolute Gasteiger partial charge is 0.435 e. The minimum absolute atomic E-state index is 0.0197. The summed E-state index contributed by atoms with van der Waals surface area (Å²) in [7, 11) is 0. The van der Waals surface area contributed by atoms with Crippen LogP contribution in [0, 0.1) is 5.41 Å². The lowest BCUT2D eigenvalue weighted by molar-refractivity contribution is -0.0498. The summed E-state index contributed by atoms with van der Waals surface area (Å²) < 4.78 is 28.2. The van der Waals surface area contributed by atoms with E-state index in [1.807, 2.05) is 13.8 Å². The van der Waals surface area contributed by atoms with Gasteiger partial charge in [-0.1, -0.05) is 13.8 Å². The maximum atomic E-state index is 12.0. The van der Waals surface area contributed by atoms with E-state index >= 15 is 0 Å². The van der Waals surface area contributed by atoms with Crippen LogP contribution in [0.15, 0.2) is 24.3 Å². The molecule has 0 atom stereocenters. The molecular formula is C15H21F2NO3. The highest BCUT2D eigenvalue weighted by atomic mass is 19.3. The van der Waals surface area contributed by atoms with Crippen LogP contribution in [0.4, 0.5) is 8.78 Å². The van der Waals surface area contributed by atoms with Crippen molar-refractivity contribution in [2.24, 2.45) is 5.41 Å². The first-order chi connectivity index (χ1) is 9.84. The maximum Gasteiger partial charge on any atom is 0.387 e. The summed E-state index contributed by atoms with van der Waals surface area (Å²) in [5.41, 5.74) is 0.233. The van der Waals surface area contributed by atoms with Crippen molar-refractivity contribution in [3.05, 3.63) is 29.8 Å². The van der Waals surface area contributed by atoms with Crippen LogP contribution in [0.1, 0.15) is 37.0 Å². The molecule has 1 aromatic carbocycles. The number of rotatable bonds is 8. The van der Waals surface area contributed by atoms with Crippen molar-refractivity contribution in [3.8, 4) is 5.75 Å². The number of alkyl halides is 2. The van der Waals surface area contributed by atoms with Gasteiger partial charge in [0.25, 0.3) is 5.91 Å². The Morgan fingerprint density at radius 2 is 1.95 bits per heavy atom.